The Hall–Kier alpha value is -1.36. The van der Waals surface area contributed by atoms with Gasteiger partial charge in [-0.25, -0.2) is 0 Å². The Morgan fingerprint density at radius 2 is 2.43 bits per heavy atom. The van der Waals surface area contributed by atoms with Crippen LogP contribution < -0.4 is 5.32 Å². The number of nitrogens with one attached hydrogen (secondary N) is 1. The summed E-state index contributed by atoms with van der Waals surface area (Å²) in [5.74, 6) is 0.0459. The Morgan fingerprint density at radius 1 is 1.71 bits per heavy atom. The zero-order valence-corrected chi connectivity index (χ0v) is 8.40. The van der Waals surface area contributed by atoms with Crippen LogP contribution in [0.15, 0.2) is 12.4 Å². The van der Waals surface area contributed by atoms with Gasteiger partial charge in [-0.3, -0.25) is 9.48 Å². The second-order valence-electron chi connectivity index (χ2n) is 3.63. The standard InChI is InChI=1S/C9H14N4O/c1-12-6-7(3-11-12)9(14)13(2)8-4-10-5-8/h3,6,8,10H,4-5H2,1-2H3. The van der Waals surface area contributed by atoms with Gasteiger partial charge >= 0.3 is 0 Å². The molecule has 1 N–H and O–H groups in total. The summed E-state index contributed by atoms with van der Waals surface area (Å²) in [4.78, 5) is 13.6. The smallest absolute Gasteiger partial charge is 0.257 e. The number of likely N-dealkylation sites (N-methyl/N-ethyl adjacent to an activating group) is 1. The molecule has 5 heteroatoms. The Kier molecular flexibility index (Phi) is 2.25. The van der Waals surface area contributed by atoms with Crippen molar-refractivity contribution >= 4 is 5.91 Å². The van der Waals surface area contributed by atoms with Crippen molar-refractivity contribution in [1.82, 2.24) is 20.0 Å². The summed E-state index contributed by atoms with van der Waals surface area (Å²) in [5, 5.41) is 7.12. The van der Waals surface area contributed by atoms with E-state index in [1.165, 1.54) is 0 Å². The van der Waals surface area contributed by atoms with Crippen LogP contribution in [0, 0.1) is 0 Å². The molecule has 1 aliphatic rings. The van der Waals surface area contributed by atoms with Crippen molar-refractivity contribution in [2.45, 2.75) is 6.04 Å². The van der Waals surface area contributed by atoms with E-state index in [0.29, 0.717) is 11.6 Å². The third-order valence-electron chi connectivity index (χ3n) is 2.58. The highest BCUT2D eigenvalue weighted by Crippen LogP contribution is 2.08. The topological polar surface area (TPSA) is 50.2 Å². The molecular weight excluding hydrogens is 180 g/mol. The molecule has 0 saturated carbocycles. The summed E-state index contributed by atoms with van der Waals surface area (Å²) in [6, 6.07) is 0.336. The molecule has 1 amide bonds. The van der Waals surface area contributed by atoms with Gasteiger partial charge in [0.15, 0.2) is 0 Å². The van der Waals surface area contributed by atoms with Crippen molar-refractivity contribution < 1.29 is 4.79 Å². The molecule has 14 heavy (non-hydrogen) atoms. The van der Waals surface area contributed by atoms with Crippen molar-refractivity contribution in [3.8, 4) is 0 Å². The molecule has 1 saturated heterocycles. The van der Waals surface area contributed by atoms with Crippen molar-refractivity contribution in [2.75, 3.05) is 20.1 Å². The van der Waals surface area contributed by atoms with E-state index in [1.807, 2.05) is 14.1 Å². The number of carbonyl (C=O) groups excluding carboxylic acids is 1. The quantitative estimate of drug-likeness (QED) is 0.688. The van der Waals surface area contributed by atoms with Crippen LogP contribution in [0.5, 0.6) is 0 Å². The number of nitrogens with zero attached hydrogens (tertiary/aromatic N) is 3. The van der Waals surface area contributed by atoms with E-state index < -0.39 is 0 Å². The van der Waals surface area contributed by atoms with E-state index in [9.17, 15) is 4.79 Å². The first-order valence-electron chi connectivity index (χ1n) is 4.65. The first-order chi connectivity index (χ1) is 6.68. The monoisotopic (exact) mass is 194 g/mol. The van der Waals surface area contributed by atoms with Crippen molar-refractivity contribution in [3.05, 3.63) is 18.0 Å². The number of rotatable bonds is 2. The van der Waals surface area contributed by atoms with Gasteiger partial charge in [0, 0.05) is 33.4 Å². The molecule has 0 spiro atoms. The molecule has 0 aromatic carbocycles. The van der Waals surface area contributed by atoms with Crippen molar-refractivity contribution in [1.29, 1.82) is 0 Å². The van der Waals surface area contributed by atoms with Crippen LogP contribution in [-0.2, 0) is 7.05 Å². The minimum absolute atomic E-state index is 0.0459. The van der Waals surface area contributed by atoms with Crippen molar-refractivity contribution in [2.24, 2.45) is 7.05 Å². The van der Waals surface area contributed by atoms with E-state index >= 15 is 0 Å². The molecule has 0 radical (unpaired) electrons. The summed E-state index contributed by atoms with van der Waals surface area (Å²) in [7, 11) is 3.64. The molecule has 76 valence electrons. The predicted molar refractivity (Wildman–Crippen MR) is 52.0 cm³/mol. The van der Waals surface area contributed by atoms with Gasteiger partial charge in [0.05, 0.1) is 17.8 Å². The zero-order chi connectivity index (χ0) is 10.1. The van der Waals surface area contributed by atoms with Gasteiger partial charge in [-0.1, -0.05) is 0 Å². The number of amides is 1. The molecule has 1 aromatic heterocycles. The average Bonchev–Trinajstić information content (AvgIpc) is 2.47. The zero-order valence-electron chi connectivity index (χ0n) is 8.40. The average molecular weight is 194 g/mol. The number of hydrogen-bond acceptors (Lipinski definition) is 3. The van der Waals surface area contributed by atoms with Crippen molar-refractivity contribution in [3.63, 3.8) is 0 Å². The third kappa shape index (κ3) is 1.50. The highest BCUT2D eigenvalue weighted by atomic mass is 16.2. The van der Waals surface area contributed by atoms with E-state index in [4.69, 9.17) is 0 Å². The summed E-state index contributed by atoms with van der Waals surface area (Å²) >= 11 is 0. The molecule has 1 aliphatic heterocycles. The van der Waals surface area contributed by atoms with Crippen LogP contribution in [0.2, 0.25) is 0 Å². The fourth-order valence-electron chi connectivity index (χ4n) is 1.45. The SMILES string of the molecule is CN(C(=O)c1cnn(C)c1)C1CNC1. The Bertz CT molecular complexity index is 342. The van der Waals surface area contributed by atoms with Gasteiger partial charge in [0.25, 0.3) is 5.91 Å². The van der Waals surface area contributed by atoms with E-state index in [0.717, 1.165) is 13.1 Å². The highest BCUT2D eigenvalue weighted by Gasteiger charge is 2.26. The van der Waals surface area contributed by atoms with Crippen LogP contribution in [0.4, 0.5) is 0 Å². The second kappa shape index (κ2) is 3.42. The summed E-state index contributed by atoms with van der Waals surface area (Å²) in [6.45, 7) is 1.78. The van der Waals surface area contributed by atoms with Gasteiger partial charge in [-0.15, -0.1) is 0 Å². The maximum atomic E-state index is 11.8. The van der Waals surface area contributed by atoms with Crippen LogP contribution in [-0.4, -0.2) is 46.8 Å². The normalized spacial score (nSPS) is 16.4. The lowest BCUT2D eigenvalue weighted by Gasteiger charge is -2.35. The number of hydrogen-bond donors (Lipinski definition) is 1. The van der Waals surface area contributed by atoms with Gasteiger partial charge in [-0.05, 0) is 0 Å². The fraction of sp³-hybridized carbons (Fsp3) is 0.556. The minimum Gasteiger partial charge on any atom is -0.336 e. The molecule has 1 aromatic rings. The Labute approximate surface area is 82.7 Å². The lowest BCUT2D eigenvalue weighted by Crippen LogP contribution is -2.57. The molecule has 0 atom stereocenters. The summed E-state index contributed by atoms with van der Waals surface area (Å²) in [5.41, 5.74) is 0.655. The largest absolute Gasteiger partial charge is 0.336 e. The molecule has 1 fully saturated rings. The summed E-state index contributed by atoms with van der Waals surface area (Å²) in [6.07, 6.45) is 3.34. The molecule has 0 bridgehead atoms. The van der Waals surface area contributed by atoms with Gasteiger partial charge in [0.1, 0.15) is 0 Å². The molecule has 5 nitrogen and oxygen atoms in total. The van der Waals surface area contributed by atoms with E-state index in [2.05, 4.69) is 10.4 Å². The van der Waals surface area contributed by atoms with E-state index in [1.54, 1.807) is 22.0 Å². The van der Waals surface area contributed by atoms with Gasteiger partial charge in [0.2, 0.25) is 0 Å². The first kappa shape index (κ1) is 9.21. The maximum Gasteiger partial charge on any atom is 0.257 e. The lowest BCUT2D eigenvalue weighted by atomic mass is 10.1. The second-order valence-corrected chi connectivity index (χ2v) is 3.63. The maximum absolute atomic E-state index is 11.8. The van der Waals surface area contributed by atoms with E-state index in [-0.39, 0.29) is 5.91 Å². The number of aryl methyl sites for hydroxylation is 1. The van der Waals surface area contributed by atoms with Crippen LogP contribution >= 0.6 is 0 Å². The minimum atomic E-state index is 0.0459. The Balaban J connectivity index is 2.07. The molecule has 2 heterocycles. The van der Waals surface area contributed by atoms with Crippen LogP contribution in [0.1, 0.15) is 10.4 Å². The molecule has 0 unspecified atom stereocenters. The molecule has 0 aliphatic carbocycles. The van der Waals surface area contributed by atoms with Crippen LogP contribution in [0.3, 0.4) is 0 Å². The first-order valence-corrected chi connectivity index (χ1v) is 4.65. The molecular formula is C9H14N4O. The van der Waals surface area contributed by atoms with Crippen LogP contribution in [0.25, 0.3) is 0 Å². The molecule has 2 rings (SSSR count). The summed E-state index contributed by atoms with van der Waals surface area (Å²) < 4.78 is 1.64. The number of carbonyl (C=O) groups is 1. The lowest BCUT2D eigenvalue weighted by molar-refractivity contribution is 0.0681. The predicted octanol–water partition coefficient (Wildman–Crippen LogP) is -0.536. The van der Waals surface area contributed by atoms with Gasteiger partial charge < -0.3 is 10.2 Å². The third-order valence-corrected chi connectivity index (χ3v) is 2.58. The number of aromatic nitrogens is 2. The Morgan fingerprint density at radius 3 is 2.86 bits per heavy atom. The highest BCUT2D eigenvalue weighted by molar-refractivity contribution is 5.93. The fourth-order valence-corrected chi connectivity index (χ4v) is 1.45. The van der Waals surface area contributed by atoms with Gasteiger partial charge in [-0.2, -0.15) is 5.10 Å².